The quantitative estimate of drug-likeness (QED) is 0.415. The van der Waals surface area contributed by atoms with Crippen LogP contribution in [0.15, 0.2) is 42.5 Å². The van der Waals surface area contributed by atoms with E-state index in [4.69, 9.17) is 23.2 Å². The van der Waals surface area contributed by atoms with Crippen molar-refractivity contribution < 1.29 is 19.2 Å². The third kappa shape index (κ3) is 6.26. The fraction of sp³-hybridized carbons (Fsp3) is 0.407. The molecule has 2 aromatic carbocycles. The molecule has 192 valence electrons. The number of hydrogen-bond donors (Lipinski definition) is 1. The van der Waals surface area contributed by atoms with Crippen molar-refractivity contribution in [2.75, 3.05) is 13.1 Å². The largest absolute Gasteiger partial charge is 0.354 e. The van der Waals surface area contributed by atoms with Gasteiger partial charge in [-0.3, -0.25) is 24.1 Å². The summed E-state index contributed by atoms with van der Waals surface area (Å²) in [6.07, 6.45) is 0.709. The maximum Gasteiger partial charge on any atom is 0.261 e. The van der Waals surface area contributed by atoms with Gasteiger partial charge in [0.05, 0.1) is 11.1 Å². The number of nitrogens with one attached hydrogen (secondary N) is 1. The van der Waals surface area contributed by atoms with Gasteiger partial charge < -0.3 is 10.2 Å². The van der Waals surface area contributed by atoms with Crippen molar-refractivity contribution in [1.29, 1.82) is 0 Å². The zero-order valence-corrected chi connectivity index (χ0v) is 22.2. The first-order valence-electron chi connectivity index (χ1n) is 12.1. The molecule has 0 fully saturated rings. The SMILES string of the molecule is CCC(C(=O)NCC(C)C)N(Cc1c(Cl)cccc1Cl)C(=O)CCCN1C(=O)c2ccccc2C1=O. The Morgan fingerprint density at radius 3 is 2.08 bits per heavy atom. The maximum absolute atomic E-state index is 13.4. The van der Waals surface area contributed by atoms with E-state index >= 15 is 0 Å². The second kappa shape index (κ2) is 12.4. The Labute approximate surface area is 221 Å². The van der Waals surface area contributed by atoms with E-state index in [0.717, 1.165) is 0 Å². The topological polar surface area (TPSA) is 86.8 Å². The molecule has 4 amide bonds. The van der Waals surface area contributed by atoms with Gasteiger partial charge in [0.2, 0.25) is 11.8 Å². The molecule has 0 aliphatic carbocycles. The average molecular weight is 532 g/mol. The molecule has 0 bridgehead atoms. The van der Waals surface area contributed by atoms with Gasteiger partial charge in [0.1, 0.15) is 6.04 Å². The molecule has 2 aromatic rings. The van der Waals surface area contributed by atoms with Crippen LogP contribution in [0.2, 0.25) is 10.0 Å². The number of nitrogens with zero attached hydrogens (tertiary/aromatic N) is 2. The summed E-state index contributed by atoms with van der Waals surface area (Å²) in [6.45, 7) is 6.49. The molecule has 1 heterocycles. The summed E-state index contributed by atoms with van der Waals surface area (Å²) in [4.78, 5) is 54.4. The third-order valence-electron chi connectivity index (χ3n) is 6.11. The molecule has 7 nitrogen and oxygen atoms in total. The van der Waals surface area contributed by atoms with Crippen molar-refractivity contribution in [3.05, 3.63) is 69.2 Å². The third-order valence-corrected chi connectivity index (χ3v) is 6.82. The Hall–Kier alpha value is -2.90. The smallest absolute Gasteiger partial charge is 0.261 e. The van der Waals surface area contributed by atoms with E-state index in [9.17, 15) is 19.2 Å². The fourth-order valence-electron chi connectivity index (χ4n) is 4.17. The summed E-state index contributed by atoms with van der Waals surface area (Å²) in [6, 6.07) is 11.0. The number of carbonyl (C=O) groups is 4. The van der Waals surface area contributed by atoms with Crippen LogP contribution in [0.1, 0.15) is 66.3 Å². The number of halogens is 2. The van der Waals surface area contributed by atoms with Crippen molar-refractivity contribution in [3.8, 4) is 0 Å². The highest BCUT2D eigenvalue weighted by Crippen LogP contribution is 2.28. The molecule has 1 N–H and O–H groups in total. The second-order valence-corrected chi connectivity index (χ2v) is 10.0. The maximum atomic E-state index is 13.4. The minimum absolute atomic E-state index is 0.0451. The van der Waals surface area contributed by atoms with E-state index in [1.54, 1.807) is 42.5 Å². The zero-order valence-electron chi connectivity index (χ0n) is 20.7. The van der Waals surface area contributed by atoms with Crippen molar-refractivity contribution in [2.45, 2.75) is 52.6 Å². The van der Waals surface area contributed by atoms with Crippen LogP contribution in [-0.2, 0) is 16.1 Å². The molecule has 0 radical (unpaired) electrons. The minimum atomic E-state index is -0.720. The lowest BCUT2D eigenvalue weighted by molar-refractivity contribution is -0.141. The molecule has 0 spiro atoms. The number of rotatable bonds is 11. The molecule has 0 saturated heterocycles. The van der Waals surface area contributed by atoms with Crippen molar-refractivity contribution in [2.24, 2.45) is 5.92 Å². The van der Waals surface area contributed by atoms with Gasteiger partial charge in [0.25, 0.3) is 11.8 Å². The summed E-state index contributed by atoms with van der Waals surface area (Å²) in [5.74, 6) is -0.991. The Morgan fingerprint density at radius 2 is 1.56 bits per heavy atom. The Morgan fingerprint density at radius 1 is 0.972 bits per heavy atom. The Kier molecular flexibility index (Phi) is 9.51. The first-order chi connectivity index (χ1) is 17.1. The number of hydrogen-bond acceptors (Lipinski definition) is 4. The van der Waals surface area contributed by atoms with Gasteiger partial charge in [0, 0.05) is 41.7 Å². The van der Waals surface area contributed by atoms with E-state index < -0.39 is 6.04 Å². The fourth-order valence-corrected chi connectivity index (χ4v) is 4.69. The predicted molar refractivity (Wildman–Crippen MR) is 140 cm³/mol. The summed E-state index contributed by atoms with van der Waals surface area (Å²) in [5, 5.41) is 3.72. The first kappa shape index (κ1) is 27.7. The monoisotopic (exact) mass is 531 g/mol. The number of benzene rings is 2. The van der Waals surface area contributed by atoms with Crippen LogP contribution < -0.4 is 5.32 Å². The minimum Gasteiger partial charge on any atom is -0.354 e. The van der Waals surface area contributed by atoms with Gasteiger partial charge in [0.15, 0.2) is 0 Å². The van der Waals surface area contributed by atoms with E-state index in [1.165, 1.54) is 9.80 Å². The lowest BCUT2D eigenvalue weighted by atomic mass is 10.1. The summed E-state index contributed by atoms with van der Waals surface area (Å²) >= 11 is 12.7. The highest BCUT2D eigenvalue weighted by molar-refractivity contribution is 6.36. The summed E-state index contributed by atoms with van der Waals surface area (Å²) < 4.78 is 0. The molecular weight excluding hydrogens is 501 g/mol. The molecule has 36 heavy (non-hydrogen) atoms. The van der Waals surface area contributed by atoms with E-state index in [2.05, 4.69) is 5.32 Å². The van der Waals surface area contributed by atoms with E-state index in [0.29, 0.717) is 39.7 Å². The second-order valence-electron chi connectivity index (χ2n) is 9.20. The van der Waals surface area contributed by atoms with E-state index in [1.807, 2.05) is 20.8 Å². The normalized spacial score (nSPS) is 13.7. The van der Waals surface area contributed by atoms with E-state index in [-0.39, 0.29) is 55.5 Å². The number of amides is 4. The Balaban J connectivity index is 1.75. The van der Waals surface area contributed by atoms with Gasteiger partial charge in [-0.15, -0.1) is 0 Å². The molecule has 1 unspecified atom stereocenters. The molecule has 1 aliphatic heterocycles. The van der Waals surface area contributed by atoms with Crippen LogP contribution in [0, 0.1) is 5.92 Å². The van der Waals surface area contributed by atoms with Crippen LogP contribution in [0.5, 0.6) is 0 Å². The van der Waals surface area contributed by atoms with Gasteiger partial charge in [-0.25, -0.2) is 0 Å². The molecule has 0 aromatic heterocycles. The number of carbonyl (C=O) groups excluding carboxylic acids is 4. The van der Waals surface area contributed by atoms with Crippen LogP contribution >= 0.6 is 23.2 Å². The summed E-state index contributed by atoms with van der Waals surface area (Å²) in [7, 11) is 0. The molecule has 9 heteroatoms. The van der Waals surface area contributed by atoms with Crippen LogP contribution in [0.25, 0.3) is 0 Å². The van der Waals surface area contributed by atoms with Gasteiger partial charge >= 0.3 is 0 Å². The van der Waals surface area contributed by atoms with Gasteiger partial charge in [-0.1, -0.05) is 62.2 Å². The molecule has 1 aliphatic rings. The predicted octanol–water partition coefficient (Wildman–Crippen LogP) is 4.95. The zero-order chi connectivity index (χ0) is 26.4. The highest BCUT2D eigenvalue weighted by Gasteiger charge is 2.35. The first-order valence-corrected chi connectivity index (χ1v) is 12.9. The van der Waals surface area contributed by atoms with Crippen molar-refractivity contribution in [3.63, 3.8) is 0 Å². The molecule has 3 rings (SSSR count). The van der Waals surface area contributed by atoms with Gasteiger partial charge in [-0.2, -0.15) is 0 Å². The summed E-state index contributed by atoms with van der Waals surface area (Å²) in [5.41, 5.74) is 1.30. The average Bonchev–Trinajstić information content (AvgIpc) is 3.09. The highest BCUT2D eigenvalue weighted by atomic mass is 35.5. The molecular formula is C27H31Cl2N3O4. The molecule has 1 atom stereocenters. The lowest BCUT2D eigenvalue weighted by Crippen LogP contribution is -2.49. The number of fused-ring (bicyclic) bond motifs is 1. The van der Waals surface area contributed by atoms with Crippen molar-refractivity contribution in [1.82, 2.24) is 15.1 Å². The Bertz CT molecular complexity index is 1100. The molecule has 0 saturated carbocycles. The standard InChI is InChI=1S/C27H31Cl2N3O4/c1-4-23(25(34)30-15-17(2)3)32(16-20-21(28)11-7-12-22(20)29)24(33)13-8-14-31-26(35)18-9-5-6-10-19(18)27(31)36/h5-7,9-12,17,23H,4,8,13-16H2,1-3H3,(H,30,34). The number of imide groups is 1. The lowest BCUT2D eigenvalue weighted by Gasteiger charge is -2.31. The van der Waals surface area contributed by atoms with Gasteiger partial charge in [-0.05, 0) is 43.0 Å². The van der Waals surface area contributed by atoms with Crippen LogP contribution in [-0.4, -0.2) is 52.6 Å². The van der Waals surface area contributed by atoms with Crippen molar-refractivity contribution >= 4 is 46.8 Å². The van der Waals surface area contributed by atoms with Crippen LogP contribution in [0.4, 0.5) is 0 Å². The van der Waals surface area contributed by atoms with Crippen LogP contribution in [0.3, 0.4) is 0 Å².